The van der Waals surface area contributed by atoms with Crippen molar-refractivity contribution in [3.63, 3.8) is 0 Å². The van der Waals surface area contributed by atoms with E-state index in [1.807, 2.05) is 48.5 Å². The van der Waals surface area contributed by atoms with E-state index in [1.165, 1.54) is 17.4 Å². The van der Waals surface area contributed by atoms with E-state index in [-0.39, 0.29) is 17.4 Å². The molecule has 1 atom stereocenters. The molecule has 2 aromatic carbocycles. The van der Waals surface area contributed by atoms with Crippen LogP contribution in [0.3, 0.4) is 0 Å². The largest absolute Gasteiger partial charge is 0.338 e. The van der Waals surface area contributed by atoms with Gasteiger partial charge in [0.25, 0.3) is 5.91 Å². The Balaban J connectivity index is 1.61. The first-order valence-electron chi connectivity index (χ1n) is 8.69. The molecule has 0 radical (unpaired) electrons. The molecule has 2 aromatic heterocycles. The quantitative estimate of drug-likeness (QED) is 0.530. The Labute approximate surface area is 165 Å². The second-order valence-corrected chi connectivity index (χ2v) is 6.95. The number of rotatable bonds is 5. The molecule has 0 saturated carbocycles. The van der Waals surface area contributed by atoms with Crippen LogP contribution in [-0.4, -0.2) is 15.9 Å². The van der Waals surface area contributed by atoms with E-state index < -0.39 is 6.04 Å². The predicted octanol–water partition coefficient (Wildman–Crippen LogP) is 4.86. The number of halogens is 1. The molecule has 0 saturated heterocycles. The summed E-state index contributed by atoms with van der Waals surface area (Å²) in [4.78, 5) is 21.6. The van der Waals surface area contributed by atoms with Crippen molar-refractivity contribution in [2.45, 2.75) is 6.04 Å². The van der Waals surface area contributed by atoms with Crippen LogP contribution in [-0.2, 0) is 0 Å². The zero-order chi connectivity index (χ0) is 19.3. The predicted molar refractivity (Wildman–Crippen MR) is 107 cm³/mol. The van der Waals surface area contributed by atoms with Crippen LogP contribution in [0.4, 0.5) is 4.39 Å². The summed E-state index contributed by atoms with van der Waals surface area (Å²) in [6.07, 6.45) is 1.69. The number of carbonyl (C=O) groups is 1. The summed E-state index contributed by atoms with van der Waals surface area (Å²) in [5.74, 6) is -0.696. The third-order valence-electron chi connectivity index (χ3n) is 4.23. The normalized spacial score (nSPS) is 11.8. The van der Waals surface area contributed by atoms with Crippen LogP contribution in [0.2, 0.25) is 0 Å². The molecule has 0 aliphatic rings. The van der Waals surface area contributed by atoms with Crippen molar-refractivity contribution in [3.8, 4) is 10.6 Å². The van der Waals surface area contributed by atoms with E-state index in [1.54, 1.807) is 29.8 Å². The summed E-state index contributed by atoms with van der Waals surface area (Å²) in [5.41, 5.74) is 2.28. The number of benzene rings is 2. The van der Waals surface area contributed by atoms with Crippen LogP contribution in [0, 0.1) is 5.82 Å². The molecule has 0 aliphatic heterocycles. The minimum absolute atomic E-state index is 0.250. The van der Waals surface area contributed by atoms with Crippen LogP contribution in [0.25, 0.3) is 10.6 Å². The summed E-state index contributed by atoms with van der Waals surface area (Å²) < 4.78 is 14.0. The summed E-state index contributed by atoms with van der Waals surface area (Å²) >= 11 is 1.24. The number of hydrogen-bond acceptors (Lipinski definition) is 4. The van der Waals surface area contributed by atoms with Gasteiger partial charge in [0.15, 0.2) is 0 Å². The third kappa shape index (κ3) is 3.82. The maximum atomic E-state index is 14.0. The SMILES string of the molecule is O=C(NC(c1ccccc1)c1ccccn1)c1csc(-c2ccccc2F)n1. The topological polar surface area (TPSA) is 54.9 Å². The number of nitrogens with zero attached hydrogens (tertiary/aromatic N) is 2. The highest BCUT2D eigenvalue weighted by molar-refractivity contribution is 7.13. The average Bonchev–Trinajstić information content (AvgIpc) is 3.23. The molecular formula is C22H16FN3OS. The van der Waals surface area contributed by atoms with Gasteiger partial charge in [-0.2, -0.15) is 0 Å². The Morgan fingerprint density at radius 2 is 1.71 bits per heavy atom. The van der Waals surface area contributed by atoms with E-state index >= 15 is 0 Å². The Morgan fingerprint density at radius 1 is 0.964 bits per heavy atom. The molecule has 1 N–H and O–H groups in total. The second-order valence-electron chi connectivity index (χ2n) is 6.09. The molecule has 1 unspecified atom stereocenters. The number of nitrogens with one attached hydrogen (secondary N) is 1. The van der Waals surface area contributed by atoms with E-state index in [9.17, 15) is 9.18 Å². The molecule has 0 aliphatic carbocycles. The van der Waals surface area contributed by atoms with Crippen molar-refractivity contribution in [3.05, 3.63) is 107 Å². The molecular weight excluding hydrogens is 373 g/mol. The Kier molecular flexibility index (Phi) is 5.21. The fourth-order valence-corrected chi connectivity index (χ4v) is 3.69. The number of hydrogen-bond donors (Lipinski definition) is 1. The van der Waals surface area contributed by atoms with Crippen LogP contribution in [0.1, 0.15) is 27.8 Å². The van der Waals surface area contributed by atoms with E-state index in [0.717, 1.165) is 11.3 Å². The number of aromatic nitrogens is 2. The zero-order valence-corrected chi connectivity index (χ0v) is 15.6. The summed E-state index contributed by atoms with van der Waals surface area (Å²) in [6.45, 7) is 0. The van der Waals surface area contributed by atoms with Crippen molar-refractivity contribution in [1.29, 1.82) is 0 Å². The second kappa shape index (κ2) is 8.10. The highest BCUT2D eigenvalue weighted by atomic mass is 32.1. The van der Waals surface area contributed by atoms with Crippen molar-refractivity contribution in [2.75, 3.05) is 0 Å². The van der Waals surface area contributed by atoms with Gasteiger partial charge in [-0.05, 0) is 29.8 Å². The van der Waals surface area contributed by atoms with Crippen LogP contribution in [0.5, 0.6) is 0 Å². The van der Waals surface area contributed by atoms with Gasteiger partial charge in [-0.3, -0.25) is 9.78 Å². The van der Waals surface area contributed by atoms with Crippen LogP contribution < -0.4 is 5.32 Å². The highest BCUT2D eigenvalue weighted by Crippen LogP contribution is 2.27. The van der Waals surface area contributed by atoms with Crippen molar-refractivity contribution in [2.24, 2.45) is 0 Å². The number of amides is 1. The highest BCUT2D eigenvalue weighted by Gasteiger charge is 2.21. The lowest BCUT2D eigenvalue weighted by molar-refractivity contribution is 0.0938. The average molecular weight is 389 g/mol. The van der Waals surface area contributed by atoms with E-state index in [2.05, 4.69) is 15.3 Å². The van der Waals surface area contributed by atoms with E-state index in [0.29, 0.717) is 10.6 Å². The molecule has 4 rings (SSSR count). The van der Waals surface area contributed by atoms with Gasteiger partial charge in [0.1, 0.15) is 16.5 Å². The minimum atomic E-state index is -0.409. The maximum absolute atomic E-state index is 14.0. The third-order valence-corrected chi connectivity index (χ3v) is 5.11. The first kappa shape index (κ1) is 18.0. The van der Waals surface area contributed by atoms with E-state index in [4.69, 9.17) is 0 Å². The summed E-state index contributed by atoms with van der Waals surface area (Å²) in [7, 11) is 0. The first-order chi connectivity index (χ1) is 13.7. The Hall–Kier alpha value is -3.38. The zero-order valence-electron chi connectivity index (χ0n) is 14.7. The van der Waals surface area contributed by atoms with Crippen molar-refractivity contribution >= 4 is 17.2 Å². The molecule has 4 nitrogen and oxygen atoms in total. The molecule has 1 amide bonds. The minimum Gasteiger partial charge on any atom is -0.338 e. The van der Waals surface area contributed by atoms with Gasteiger partial charge in [-0.25, -0.2) is 9.37 Å². The molecule has 0 fully saturated rings. The number of thiazole rings is 1. The fourth-order valence-electron chi connectivity index (χ4n) is 2.86. The lowest BCUT2D eigenvalue weighted by atomic mass is 10.0. The van der Waals surface area contributed by atoms with Gasteiger partial charge in [0, 0.05) is 17.1 Å². The van der Waals surface area contributed by atoms with Gasteiger partial charge in [0.2, 0.25) is 0 Å². The molecule has 28 heavy (non-hydrogen) atoms. The summed E-state index contributed by atoms with van der Waals surface area (Å²) in [6, 6.07) is 21.2. The molecule has 138 valence electrons. The van der Waals surface area contributed by atoms with Gasteiger partial charge in [-0.1, -0.05) is 48.5 Å². The Morgan fingerprint density at radius 3 is 2.46 bits per heavy atom. The smallest absolute Gasteiger partial charge is 0.271 e. The summed E-state index contributed by atoms with van der Waals surface area (Å²) in [5, 5.41) is 5.10. The Bertz CT molecular complexity index is 1040. The van der Waals surface area contributed by atoms with Gasteiger partial charge < -0.3 is 5.32 Å². The number of carbonyl (C=O) groups excluding carboxylic acids is 1. The monoisotopic (exact) mass is 389 g/mol. The molecule has 0 bridgehead atoms. The van der Waals surface area contributed by atoms with Crippen molar-refractivity contribution < 1.29 is 9.18 Å². The standard InChI is InChI=1S/C22H16FN3OS/c23-17-11-5-4-10-16(17)22-25-19(14-28-22)21(27)26-20(15-8-2-1-3-9-15)18-12-6-7-13-24-18/h1-14,20H,(H,26,27). The lowest BCUT2D eigenvalue weighted by Crippen LogP contribution is -2.30. The lowest BCUT2D eigenvalue weighted by Gasteiger charge is -2.18. The van der Waals surface area contributed by atoms with Gasteiger partial charge in [0.05, 0.1) is 11.7 Å². The number of pyridine rings is 1. The fraction of sp³-hybridized carbons (Fsp3) is 0.0455. The van der Waals surface area contributed by atoms with Gasteiger partial charge >= 0.3 is 0 Å². The van der Waals surface area contributed by atoms with Crippen LogP contribution >= 0.6 is 11.3 Å². The van der Waals surface area contributed by atoms with Crippen molar-refractivity contribution in [1.82, 2.24) is 15.3 Å². The molecule has 4 aromatic rings. The molecule has 0 spiro atoms. The molecule has 2 heterocycles. The van der Waals surface area contributed by atoms with Gasteiger partial charge in [-0.15, -0.1) is 11.3 Å². The molecule has 6 heteroatoms. The van der Waals surface area contributed by atoms with Crippen LogP contribution in [0.15, 0.2) is 84.4 Å². The first-order valence-corrected chi connectivity index (χ1v) is 9.57. The maximum Gasteiger partial charge on any atom is 0.271 e.